The number of amides is 1. The third-order valence-corrected chi connectivity index (χ3v) is 2.85. The zero-order valence-electron chi connectivity index (χ0n) is 10.6. The van der Waals surface area contributed by atoms with Gasteiger partial charge in [0, 0.05) is 30.2 Å². The van der Waals surface area contributed by atoms with Crippen molar-refractivity contribution >= 4 is 16.8 Å². The molecular weight excluding hydrogens is 226 g/mol. The number of fused-ring (bicyclic) bond motifs is 1. The van der Waals surface area contributed by atoms with Gasteiger partial charge in [-0.2, -0.15) is 0 Å². The molecule has 1 aromatic carbocycles. The molecule has 18 heavy (non-hydrogen) atoms. The van der Waals surface area contributed by atoms with Gasteiger partial charge in [0.25, 0.3) is 0 Å². The molecule has 2 rings (SSSR count). The van der Waals surface area contributed by atoms with Crippen molar-refractivity contribution in [3.63, 3.8) is 0 Å². The molecule has 4 heteroatoms. The molecule has 0 aliphatic heterocycles. The van der Waals surface area contributed by atoms with E-state index < -0.39 is 0 Å². The maximum absolute atomic E-state index is 11.4. The summed E-state index contributed by atoms with van der Waals surface area (Å²) in [6.07, 6.45) is 2.95. The van der Waals surface area contributed by atoms with Crippen LogP contribution in [0.3, 0.4) is 0 Å². The Hall–Kier alpha value is -1.81. The van der Waals surface area contributed by atoms with E-state index in [9.17, 15) is 4.79 Å². The van der Waals surface area contributed by atoms with E-state index in [1.54, 1.807) is 0 Å². The summed E-state index contributed by atoms with van der Waals surface area (Å²) < 4.78 is 0. The lowest BCUT2D eigenvalue weighted by atomic mass is 10.2. The normalized spacial score (nSPS) is 10.7. The van der Waals surface area contributed by atoms with Crippen LogP contribution in [0, 0.1) is 0 Å². The Balaban J connectivity index is 1.85. The molecule has 96 valence electrons. The molecule has 4 nitrogen and oxygen atoms in total. The maximum atomic E-state index is 11.4. The summed E-state index contributed by atoms with van der Waals surface area (Å²) in [6, 6.07) is 8.16. The minimum Gasteiger partial charge on any atom is -0.361 e. The predicted octanol–water partition coefficient (Wildman–Crippen LogP) is 1.78. The zero-order chi connectivity index (χ0) is 12.8. The van der Waals surface area contributed by atoms with Crippen LogP contribution in [0.5, 0.6) is 0 Å². The number of carbonyl (C=O) groups excluding carboxylic acids is 1. The van der Waals surface area contributed by atoms with Gasteiger partial charge in [0.15, 0.2) is 0 Å². The largest absolute Gasteiger partial charge is 0.361 e. The van der Waals surface area contributed by atoms with Crippen molar-refractivity contribution in [3.8, 4) is 0 Å². The van der Waals surface area contributed by atoms with Crippen LogP contribution in [0.15, 0.2) is 30.5 Å². The lowest BCUT2D eigenvalue weighted by Crippen LogP contribution is -2.33. The Labute approximate surface area is 107 Å². The van der Waals surface area contributed by atoms with Crippen LogP contribution in [0.25, 0.3) is 10.9 Å². The van der Waals surface area contributed by atoms with E-state index in [-0.39, 0.29) is 5.91 Å². The van der Waals surface area contributed by atoms with Gasteiger partial charge < -0.3 is 15.6 Å². The molecule has 1 aromatic heterocycles. The standard InChI is InChI=1S/C14H19N3O/c1-2-7-16-14(18)10-15-8-11-9-17-13-6-4-3-5-12(11)13/h3-6,9,15,17H,2,7-8,10H2,1H3,(H,16,18). The first kappa shape index (κ1) is 12.6. The molecule has 0 aliphatic rings. The van der Waals surface area contributed by atoms with Crippen molar-refractivity contribution in [2.75, 3.05) is 13.1 Å². The van der Waals surface area contributed by atoms with E-state index in [0.29, 0.717) is 13.1 Å². The van der Waals surface area contributed by atoms with E-state index in [2.05, 4.69) is 21.7 Å². The molecule has 0 radical (unpaired) electrons. The third-order valence-electron chi connectivity index (χ3n) is 2.85. The fraction of sp³-hybridized carbons (Fsp3) is 0.357. The summed E-state index contributed by atoms with van der Waals surface area (Å²) in [5.74, 6) is 0.0525. The van der Waals surface area contributed by atoms with E-state index in [0.717, 1.165) is 18.5 Å². The van der Waals surface area contributed by atoms with Crippen molar-refractivity contribution in [2.24, 2.45) is 0 Å². The van der Waals surface area contributed by atoms with E-state index in [4.69, 9.17) is 0 Å². The van der Waals surface area contributed by atoms with Crippen molar-refractivity contribution in [2.45, 2.75) is 19.9 Å². The predicted molar refractivity (Wildman–Crippen MR) is 73.3 cm³/mol. The molecular formula is C14H19N3O. The minimum absolute atomic E-state index is 0.0525. The molecule has 0 fully saturated rings. The van der Waals surface area contributed by atoms with Gasteiger partial charge in [0.2, 0.25) is 5.91 Å². The molecule has 0 spiro atoms. The first-order valence-corrected chi connectivity index (χ1v) is 6.33. The zero-order valence-corrected chi connectivity index (χ0v) is 10.6. The molecule has 2 aromatic rings. The highest BCUT2D eigenvalue weighted by Gasteiger charge is 2.03. The lowest BCUT2D eigenvalue weighted by Gasteiger charge is -2.05. The van der Waals surface area contributed by atoms with Crippen molar-refractivity contribution in [1.29, 1.82) is 0 Å². The van der Waals surface area contributed by atoms with Gasteiger partial charge in [0.1, 0.15) is 0 Å². The highest BCUT2D eigenvalue weighted by Crippen LogP contribution is 2.16. The van der Waals surface area contributed by atoms with Crippen LogP contribution in [0.2, 0.25) is 0 Å². The molecule has 0 saturated heterocycles. The number of hydrogen-bond acceptors (Lipinski definition) is 2. The number of aromatic nitrogens is 1. The summed E-state index contributed by atoms with van der Waals surface area (Å²) >= 11 is 0. The molecule has 1 heterocycles. The number of rotatable bonds is 6. The number of para-hydroxylation sites is 1. The van der Waals surface area contributed by atoms with Crippen LogP contribution in [0.1, 0.15) is 18.9 Å². The van der Waals surface area contributed by atoms with Gasteiger partial charge >= 0.3 is 0 Å². The third kappa shape index (κ3) is 3.11. The van der Waals surface area contributed by atoms with Gasteiger partial charge in [-0.1, -0.05) is 25.1 Å². The summed E-state index contributed by atoms with van der Waals surface area (Å²) in [5.41, 5.74) is 2.32. The van der Waals surface area contributed by atoms with Crippen LogP contribution in [0.4, 0.5) is 0 Å². The molecule has 0 bridgehead atoms. The van der Waals surface area contributed by atoms with E-state index in [1.807, 2.05) is 31.3 Å². The summed E-state index contributed by atoms with van der Waals surface area (Å²) in [6.45, 7) is 3.84. The fourth-order valence-corrected chi connectivity index (χ4v) is 1.92. The number of benzene rings is 1. The second-order valence-electron chi connectivity index (χ2n) is 4.31. The first-order chi connectivity index (χ1) is 8.81. The average molecular weight is 245 g/mol. The quantitative estimate of drug-likeness (QED) is 0.726. The summed E-state index contributed by atoms with van der Waals surface area (Å²) in [4.78, 5) is 14.6. The Morgan fingerprint density at radius 2 is 2.17 bits per heavy atom. The highest BCUT2D eigenvalue weighted by atomic mass is 16.1. The molecule has 3 N–H and O–H groups in total. The van der Waals surface area contributed by atoms with Crippen LogP contribution < -0.4 is 10.6 Å². The second kappa shape index (κ2) is 6.21. The molecule has 1 amide bonds. The maximum Gasteiger partial charge on any atom is 0.233 e. The van der Waals surface area contributed by atoms with E-state index >= 15 is 0 Å². The van der Waals surface area contributed by atoms with Crippen molar-refractivity contribution in [3.05, 3.63) is 36.0 Å². The van der Waals surface area contributed by atoms with Gasteiger partial charge in [-0.25, -0.2) is 0 Å². The summed E-state index contributed by atoms with van der Waals surface area (Å²) in [7, 11) is 0. The number of nitrogens with one attached hydrogen (secondary N) is 3. The molecule has 0 atom stereocenters. The SMILES string of the molecule is CCCNC(=O)CNCc1c[nH]c2ccccc12. The van der Waals surface area contributed by atoms with Crippen LogP contribution >= 0.6 is 0 Å². The second-order valence-corrected chi connectivity index (χ2v) is 4.31. The Morgan fingerprint density at radius 3 is 3.00 bits per heavy atom. The minimum atomic E-state index is 0.0525. The smallest absolute Gasteiger partial charge is 0.233 e. The van der Waals surface area contributed by atoms with Crippen LogP contribution in [-0.2, 0) is 11.3 Å². The molecule has 0 unspecified atom stereocenters. The molecule has 0 saturated carbocycles. The number of hydrogen-bond donors (Lipinski definition) is 3. The fourth-order valence-electron chi connectivity index (χ4n) is 1.92. The van der Waals surface area contributed by atoms with Gasteiger partial charge in [0.05, 0.1) is 6.54 Å². The molecule has 0 aliphatic carbocycles. The summed E-state index contributed by atoms with van der Waals surface area (Å²) in [5, 5.41) is 7.20. The Kier molecular flexibility index (Phi) is 4.36. The monoisotopic (exact) mass is 245 g/mol. The number of H-pyrrole nitrogens is 1. The van der Waals surface area contributed by atoms with Crippen molar-refractivity contribution in [1.82, 2.24) is 15.6 Å². The average Bonchev–Trinajstić information content (AvgIpc) is 2.80. The topological polar surface area (TPSA) is 56.9 Å². The Bertz CT molecular complexity index is 518. The number of carbonyl (C=O) groups is 1. The van der Waals surface area contributed by atoms with Gasteiger partial charge in [-0.3, -0.25) is 4.79 Å². The number of aromatic amines is 1. The first-order valence-electron chi connectivity index (χ1n) is 6.33. The Morgan fingerprint density at radius 1 is 1.33 bits per heavy atom. The van der Waals surface area contributed by atoms with Gasteiger partial charge in [-0.15, -0.1) is 0 Å². The highest BCUT2D eigenvalue weighted by molar-refractivity contribution is 5.83. The van der Waals surface area contributed by atoms with E-state index in [1.165, 1.54) is 10.9 Å². The van der Waals surface area contributed by atoms with Gasteiger partial charge in [-0.05, 0) is 18.1 Å². The van der Waals surface area contributed by atoms with Crippen LogP contribution in [-0.4, -0.2) is 24.0 Å². The lowest BCUT2D eigenvalue weighted by molar-refractivity contribution is -0.120. The van der Waals surface area contributed by atoms with Crippen molar-refractivity contribution < 1.29 is 4.79 Å².